The molecular weight excluding hydrogens is 861 g/mol. The van der Waals surface area contributed by atoms with Crippen LogP contribution >= 0.6 is 11.8 Å². The van der Waals surface area contributed by atoms with Gasteiger partial charge in [0.05, 0.1) is 29.9 Å². The number of nitrogens with one attached hydrogen (secondary N) is 6. The van der Waals surface area contributed by atoms with Crippen molar-refractivity contribution in [2.45, 2.75) is 121 Å². The van der Waals surface area contributed by atoms with Crippen LogP contribution in [0.15, 0.2) is 83.0 Å². The molecule has 350 valence electrons. The molecule has 5 aliphatic rings. The highest BCUT2D eigenvalue weighted by molar-refractivity contribution is 8.00. The second kappa shape index (κ2) is 19.2. The van der Waals surface area contributed by atoms with Gasteiger partial charge in [-0.1, -0.05) is 38.5 Å². The van der Waals surface area contributed by atoms with Crippen molar-refractivity contribution >= 4 is 53.0 Å². The molecule has 2 saturated heterocycles. The normalized spacial score (nSPS) is 23.8. The van der Waals surface area contributed by atoms with E-state index in [0.717, 1.165) is 44.3 Å². The minimum Gasteiger partial charge on any atom is -0.456 e. The molecule has 16 heteroatoms. The lowest BCUT2D eigenvalue weighted by molar-refractivity contribution is -0.121. The number of aliphatic hydroxyl groups excluding tert-OH is 2. The van der Waals surface area contributed by atoms with Gasteiger partial charge in [-0.3, -0.25) is 9.59 Å². The summed E-state index contributed by atoms with van der Waals surface area (Å²) in [7, 11) is 0. The largest absolute Gasteiger partial charge is 0.456 e. The van der Waals surface area contributed by atoms with E-state index in [-0.39, 0.29) is 36.3 Å². The molecule has 0 saturated carbocycles. The van der Waals surface area contributed by atoms with Crippen LogP contribution in [0.5, 0.6) is 11.5 Å². The van der Waals surface area contributed by atoms with Crippen LogP contribution in [-0.2, 0) is 19.9 Å². The Hall–Kier alpha value is -5.84. The van der Waals surface area contributed by atoms with Gasteiger partial charge in [-0.25, -0.2) is 14.4 Å². The predicted octanol–water partition coefficient (Wildman–Crippen LogP) is 7.13. The SMILES string of the molecule is CC1=C(C)C(O)C(C(C)(C)CC(=O)Nc2ccc3c(c2)Oc2cc(NC(=O)NCCCCCNC(=O)CCCCC4SCC5NC(=O)NC54)ccc2C32OC(=O)c3ccccc32)=C(C)C1O. The second-order valence-corrected chi connectivity index (χ2v) is 19.9. The molecule has 6 atom stereocenters. The third-order valence-corrected chi connectivity index (χ3v) is 15.2. The fourth-order valence-corrected chi connectivity index (χ4v) is 11.7. The summed E-state index contributed by atoms with van der Waals surface area (Å²) in [5.41, 5.74) is 3.56. The Kier molecular flexibility index (Phi) is 13.6. The monoisotopic (exact) mass is 920 g/mol. The molecule has 3 aromatic carbocycles. The van der Waals surface area contributed by atoms with Gasteiger partial charge >= 0.3 is 18.0 Å². The third-order valence-electron chi connectivity index (χ3n) is 13.7. The minimum absolute atomic E-state index is 0.0194. The molecule has 1 spiro atoms. The van der Waals surface area contributed by atoms with Gasteiger partial charge in [0.15, 0.2) is 5.60 Å². The van der Waals surface area contributed by atoms with Crippen molar-refractivity contribution in [3.8, 4) is 11.5 Å². The maximum absolute atomic E-state index is 13.7. The number of benzene rings is 3. The standard InChI is InChI=1S/C50H60N6O9S/c1-27-28(2)45(60)42(29(3)44(27)59)49(4,5)25-41(58)53-30-17-19-34-37(23-30)64-38-24-31(18-20-35(38)50(34)33-14-8-7-13-32(33)46(61)65-50)54-47(62)52-22-12-6-11-21-51-40(57)16-10-9-15-39-43-36(26-66-39)55-48(63)56-43/h7-8,13-14,17-20,23-24,36,39,43-45,59-60H,6,9-12,15-16,21-22,25-26H2,1-5H3,(H,51,57)(H,53,58)(H2,52,54,62)(H2,55,56,63). The number of hydrogen-bond donors (Lipinski definition) is 8. The summed E-state index contributed by atoms with van der Waals surface area (Å²) in [5.74, 6) is 0.866. The third kappa shape index (κ3) is 9.27. The second-order valence-electron chi connectivity index (χ2n) is 18.7. The molecule has 1 aliphatic carbocycles. The predicted molar refractivity (Wildman–Crippen MR) is 253 cm³/mol. The number of hydrogen-bond acceptors (Lipinski definition) is 10. The zero-order chi connectivity index (χ0) is 46.9. The Morgan fingerprint density at radius 1 is 0.773 bits per heavy atom. The molecule has 0 bridgehead atoms. The highest BCUT2D eigenvalue weighted by atomic mass is 32.2. The number of fused-ring (bicyclic) bond motifs is 7. The van der Waals surface area contributed by atoms with Gasteiger partial charge in [0.25, 0.3) is 0 Å². The molecule has 0 aromatic heterocycles. The number of unbranched alkanes of at least 4 members (excludes halogenated alkanes) is 3. The van der Waals surface area contributed by atoms with Gasteiger partial charge in [-0.15, -0.1) is 0 Å². The number of aliphatic hydroxyl groups is 2. The number of amides is 6. The molecule has 3 aromatic rings. The maximum Gasteiger partial charge on any atom is 0.340 e. The summed E-state index contributed by atoms with van der Waals surface area (Å²) in [5, 5.41) is 40.2. The van der Waals surface area contributed by atoms with Crippen LogP contribution in [0, 0.1) is 5.41 Å². The average molecular weight is 921 g/mol. The van der Waals surface area contributed by atoms with E-state index in [1.165, 1.54) is 0 Å². The first-order chi connectivity index (χ1) is 31.6. The minimum atomic E-state index is -1.36. The molecular formula is C50H60N6O9S. The molecule has 8 rings (SSSR count). The lowest BCUT2D eigenvalue weighted by Gasteiger charge is -2.38. The van der Waals surface area contributed by atoms with E-state index in [9.17, 15) is 34.2 Å². The van der Waals surface area contributed by atoms with Crippen LogP contribution in [-0.4, -0.2) is 88.4 Å². The lowest BCUT2D eigenvalue weighted by Crippen LogP contribution is -2.36. The van der Waals surface area contributed by atoms with Crippen molar-refractivity contribution in [1.82, 2.24) is 21.3 Å². The zero-order valence-corrected chi connectivity index (χ0v) is 38.9. The van der Waals surface area contributed by atoms with Gasteiger partial charge in [-0.2, -0.15) is 11.8 Å². The number of urea groups is 2. The van der Waals surface area contributed by atoms with E-state index in [1.807, 2.05) is 37.7 Å². The Labute approximate surface area is 389 Å². The Morgan fingerprint density at radius 2 is 1.44 bits per heavy atom. The quantitative estimate of drug-likeness (QED) is 0.0315. The van der Waals surface area contributed by atoms with Crippen LogP contribution in [0.2, 0.25) is 0 Å². The van der Waals surface area contributed by atoms with Crippen molar-refractivity contribution in [2.24, 2.45) is 5.41 Å². The molecule has 4 heterocycles. The van der Waals surface area contributed by atoms with Crippen LogP contribution in [0.25, 0.3) is 0 Å². The molecule has 6 unspecified atom stereocenters. The van der Waals surface area contributed by atoms with Gasteiger partial charge in [0.1, 0.15) is 11.5 Å². The number of thioether (sulfide) groups is 1. The maximum atomic E-state index is 13.7. The summed E-state index contributed by atoms with van der Waals surface area (Å²) in [6, 6.07) is 17.5. The summed E-state index contributed by atoms with van der Waals surface area (Å²) >= 11 is 1.88. The fraction of sp³-hybridized carbons (Fsp3) is 0.460. The van der Waals surface area contributed by atoms with Crippen LogP contribution in [0.3, 0.4) is 0 Å². The van der Waals surface area contributed by atoms with Crippen molar-refractivity contribution in [3.05, 3.63) is 105 Å². The smallest absolute Gasteiger partial charge is 0.340 e. The van der Waals surface area contributed by atoms with Crippen molar-refractivity contribution in [2.75, 3.05) is 29.5 Å². The van der Waals surface area contributed by atoms with Gasteiger partial charge in [-0.05, 0) is 111 Å². The first-order valence-corrected chi connectivity index (χ1v) is 24.0. The fourth-order valence-electron chi connectivity index (χ4n) is 10.2. The first kappa shape index (κ1) is 46.7. The van der Waals surface area contributed by atoms with E-state index < -0.39 is 35.2 Å². The first-order valence-electron chi connectivity index (χ1n) is 22.9. The lowest BCUT2D eigenvalue weighted by atomic mass is 9.70. The highest BCUT2D eigenvalue weighted by Crippen LogP contribution is 2.57. The number of esters is 1. The van der Waals surface area contributed by atoms with E-state index in [1.54, 1.807) is 69.3 Å². The molecule has 0 radical (unpaired) electrons. The Balaban J connectivity index is 0.851. The van der Waals surface area contributed by atoms with Crippen LogP contribution < -0.4 is 36.6 Å². The number of anilines is 2. The molecule has 4 aliphatic heterocycles. The zero-order valence-electron chi connectivity index (χ0n) is 38.1. The molecule has 66 heavy (non-hydrogen) atoms. The average Bonchev–Trinajstić information content (AvgIpc) is 3.93. The van der Waals surface area contributed by atoms with Crippen molar-refractivity contribution < 1.29 is 43.7 Å². The van der Waals surface area contributed by atoms with E-state index in [0.29, 0.717) is 92.2 Å². The summed E-state index contributed by atoms with van der Waals surface area (Å²) in [6.07, 6.45) is 3.81. The topological polar surface area (TPSA) is 216 Å². The van der Waals surface area contributed by atoms with Crippen molar-refractivity contribution in [1.29, 1.82) is 0 Å². The van der Waals surface area contributed by atoms with Crippen molar-refractivity contribution in [3.63, 3.8) is 0 Å². The molecule has 15 nitrogen and oxygen atoms in total. The van der Waals surface area contributed by atoms with E-state index >= 15 is 0 Å². The van der Waals surface area contributed by atoms with Crippen LogP contribution in [0.4, 0.5) is 21.0 Å². The van der Waals surface area contributed by atoms with Gasteiger partial charge in [0.2, 0.25) is 11.8 Å². The number of carbonyl (C=O) groups is 5. The Bertz CT molecular complexity index is 2500. The molecule has 8 N–H and O–H groups in total. The number of rotatable bonds is 16. The summed E-state index contributed by atoms with van der Waals surface area (Å²) in [6.45, 7) is 10.1. The summed E-state index contributed by atoms with van der Waals surface area (Å²) < 4.78 is 12.8. The summed E-state index contributed by atoms with van der Waals surface area (Å²) in [4.78, 5) is 64.1. The molecule has 2 fully saturated rings. The van der Waals surface area contributed by atoms with E-state index in [4.69, 9.17) is 9.47 Å². The highest BCUT2D eigenvalue weighted by Gasteiger charge is 2.53. The molecule has 6 amide bonds. The number of carbonyl (C=O) groups excluding carboxylic acids is 5. The van der Waals surface area contributed by atoms with Gasteiger partial charge < -0.3 is 51.6 Å². The van der Waals surface area contributed by atoms with Gasteiger partial charge in [0, 0.05) is 77.1 Å². The Morgan fingerprint density at radius 3 is 2.17 bits per heavy atom. The number of ether oxygens (including phenoxy) is 2. The van der Waals surface area contributed by atoms with E-state index in [2.05, 4.69) is 31.9 Å². The van der Waals surface area contributed by atoms with Crippen LogP contribution in [0.1, 0.15) is 113 Å².